The molecule has 3 rings (SSSR count). The van der Waals surface area contributed by atoms with Crippen molar-refractivity contribution in [1.29, 1.82) is 0 Å². The molecule has 0 saturated heterocycles. The van der Waals surface area contributed by atoms with E-state index in [1.807, 2.05) is 11.8 Å². The fraction of sp³-hybridized carbons (Fsp3) is 0.500. The van der Waals surface area contributed by atoms with Crippen molar-refractivity contribution in [3.8, 4) is 0 Å². The van der Waals surface area contributed by atoms with Crippen LogP contribution in [0.5, 0.6) is 0 Å². The summed E-state index contributed by atoms with van der Waals surface area (Å²) in [6.45, 7) is 0. The van der Waals surface area contributed by atoms with Crippen LogP contribution in [-0.4, -0.2) is 21.1 Å². The molecule has 0 spiro atoms. The van der Waals surface area contributed by atoms with Gasteiger partial charge in [0.25, 0.3) is 0 Å². The summed E-state index contributed by atoms with van der Waals surface area (Å²) in [5, 5.41) is 0.699. The van der Waals surface area contributed by atoms with Gasteiger partial charge in [-0.15, -0.1) is 0 Å². The molecule has 1 saturated carbocycles. The number of nitrogens with one attached hydrogen (secondary N) is 1. The Bertz CT molecular complexity index is 599. The summed E-state index contributed by atoms with van der Waals surface area (Å²) in [5.74, 6) is 0. The van der Waals surface area contributed by atoms with Gasteiger partial charge in [-0.1, -0.05) is 25.0 Å². The number of imidazole rings is 1. The highest BCUT2D eigenvalue weighted by Crippen LogP contribution is 2.37. The minimum absolute atomic E-state index is 0.553. The van der Waals surface area contributed by atoms with E-state index in [1.54, 1.807) is 0 Å². The van der Waals surface area contributed by atoms with Gasteiger partial charge < -0.3 is 9.55 Å². The lowest BCUT2D eigenvalue weighted by Gasteiger charge is -2.31. The molecular formula is C14H18N2S2. The van der Waals surface area contributed by atoms with Crippen LogP contribution in [0.15, 0.2) is 24.3 Å². The van der Waals surface area contributed by atoms with Crippen molar-refractivity contribution >= 4 is 35.0 Å². The van der Waals surface area contributed by atoms with E-state index >= 15 is 0 Å². The molecule has 1 aliphatic rings. The average Bonchev–Trinajstić information content (AvgIpc) is 2.74. The number of nitrogens with zero attached hydrogens (tertiary/aromatic N) is 1. The number of thioether (sulfide) groups is 1. The van der Waals surface area contributed by atoms with E-state index in [4.69, 9.17) is 12.2 Å². The summed E-state index contributed by atoms with van der Waals surface area (Å²) in [5.41, 5.74) is 2.42. The molecule has 2 aromatic rings. The Hall–Kier alpha value is -0.740. The lowest BCUT2D eigenvalue weighted by atomic mass is 9.94. The van der Waals surface area contributed by atoms with Crippen molar-refractivity contribution in [2.24, 2.45) is 0 Å². The number of aromatic amines is 1. The number of hydrogen-bond acceptors (Lipinski definition) is 2. The predicted molar refractivity (Wildman–Crippen MR) is 81.9 cm³/mol. The molecule has 1 heterocycles. The molecule has 0 amide bonds. The Kier molecular flexibility index (Phi) is 3.48. The second kappa shape index (κ2) is 5.10. The summed E-state index contributed by atoms with van der Waals surface area (Å²) < 4.78 is 3.23. The molecule has 18 heavy (non-hydrogen) atoms. The first-order valence-electron chi connectivity index (χ1n) is 6.53. The Balaban J connectivity index is 2.12. The first kappa shape index (κ1) is 12.3. The van der Waals surface area contributed by atoms with Gasteiger partial charge in [0, 0.05) is 11.3 Å². The molecule has 1 aromatic carbocycles. The van der Waals surface area contributed by atoms with Gasteiger partial charge in [0.1, 0.15) is 0 Å². The van der Waals surface area contributed by atoms with Crippen LogP contribution in [-0.2, 0) is 0 Å². The normalized spacial score (nSPS) is 24.5. The fourth-order valence-corrected chi connectivity index (χ4v) is 4.37. The summed E-state index contributed by atoms with van der Waals surface area (Å²) in [6, 6.07) is 8.99. The Morgan fingerprint density at radius 1 is 1.28 bits per heavy atom. The van der Waals surface area contributed by atoms with Crippen LogP contribution in [0.3, 0.4) is 0 Å². The van der Waals surface area contributed by atoms with Crippen molar-refractivity contribution in [3.63, 3.8) is 0 Å². The molecule has 1 N–H and O–H groups in total. The van der Waals surface area contributed by atoms with Crippen molar-refractivity contribution in [2.75, 3.05) is 6.26 Å². The average molecular weight is 278 g/mol. The highest BCUT2D eigenvalue weighted by Gasteiger charge is 2.27. The zero-order valence-corrected chi connectivity index (χ0v) is 12.2. The number of benzene rings is 1. The van der Waals surface area contributed by atoms with Crippen molar-refractivity contribution in [1.82, 2.24) is 9.55 Å². The maximum Gasteiger partial charge on any atom is 0.178 e. The number of H-pyrrole nitrogens is 1. The maximum atomic E-state index is 5.53. The van der Waals surface area contributed by atoms with Gasteiger partial charge in [-0.3, -0.25) is 0 Å². The lowest BCUT2D eigenvalue weighted by molar-refractivity contribution is 0.369. The second-order valence-corrected chi connectivity index (χ2v) is 6.41. The van der Waals surface area contributed by atoms with Gasteiger partial charge >= 0.3 is 0 Å². The van der Waals surface area contributed by atoms with Crippen molar-refractivity contribution < 1.29 is 0 Å². The molecule has 1 aliphatic carbocycles. The van der Waals surface area contributed by atoms with Gasteiger partial charge in [-0.25, -0.2) is 0 Å². The van der Waals surface area contributed by atoms with Gasteiger partial charge in [-0.2, -0.15) is 11.8 Å². The van der Waals surface area contributed by atoms with Crippen LogP contribution in [0.1, 0.15) is 31.7 Å². The van der Waals surface area contributed by atoms with Crippen molar-refractivity contribution in [2.45, 2.75) is 37.0 Å². The molecule has 96 valence electrons. The monoisotopic (exact) mass is 278 g/mol. The number of aromatic nitrogens is 2. The highest BCUT2D eigenvalue weighted by atomic mass is 32.2. The fourth-order valence-electron chi connectivity index (χ4n) is 3.05. The molecule has 2 unspecified atom stereocenters. The van der Waals surface area contributed by atoms with Crippen LogP contribution in [0.25, 0.3) is 11.0 Å². The van der Waals surface area contributed by atoms with Gasteiger partial charge in [0.05, 0.1) is 11.0 Å². The second-order valence-electron chi connectivity index (χ2n) is 4.94. The summed E-state index contributed by atoms with van der Waals surface area (Å²) >= 11 is 7.52. The summed E-state index contributed by atoms with van der Waals surface area (Å²) in [7, 11) is 0. The Morgan fingerprint density at radius 2 is 2.06 bits per heavy atom. The smallest absolute Gasteiger partial charge is 0.178 e. The van der Waals surface area contributed by atoms with E-state index in [9.17, 15) is 0 Å². The summed E-state index contributed by atoms with van der Waals surface area (Å²) in [6.07, 6.45) is 7.47. The summed E-state index contributed by atoms with van der Waals surface area (Å²) in [4.78, 5) is 3.34. The maximum absolute atomic E-state index is 5.53. The van der Waals surface area contributed by atoms with E-state index in [-0.39, 0.29) is 0 Å². The molecule has 0 bridgehead atoms. The van der Waals surface area contributed by atoms with E-state index in [0.29, 0.717) is 11.3 Å². The van der Waals surface area contributed by atoms with Crippen LogP contribution in [0, 0.1) is 4.77 Å². The molecule has 0 radical (unpaired) electrons. The molecule has 0 aliphatic heterocycles. The topological polar surface area (TPSA) is 20.7 Å². The van der Waals surface area contributed by atoms with Gasteiger partial charge in [0.15, 0.2) is 4.77 Å². The zero-order chi connectivity index (χ0) is 12.5. The van der Waals surface area contributed by atoms with E-state index < -0.39 is 0 Å². The highest BCUT2D eigenvalue weighted by molar-refractivity contribution is 7.99. The minimum Gasteiger partial charge on any atom is -0.331 e. The number of fused-ring (bicyclic) bond motifs is 1. The van der Waals surface area contributed by atoms with Crippen LogP contribution in [0.4, 0.5) is 0 Å². The Morgan fingerprint density at radius 3 is 2.89 bits per heavy atom. The SMILES string of the molecule is CSC1CCCCC1n1c(=S)[nH]c2ccccc21. The number of para-hydroxylation sites is 2. The third-order valence-corrected chi connectivity index (χ3v) is 5.38. The molecule has 1 fully saturated rings. The van der Waals surface area contributed by atoms with Gasteiger partial charge in [0.2, 0.25) is 0 Å². The first-order valence-corrected chi connectivity index (χ1v) is 8.23. The van der Waals surface area contributed by atoms with Gasteiger partial charge in [-0.05, 0) is 43.4 Å². The predicted octanol–water partition coefficient (Wildman–Crippen LogP) is 4.55. The van der Waals surface area contributed by atoms with Crippen LogP contribution >= 0.6 is 24.0 Å². The molecule has 2 nitrogen and oxygen atoms in total. The Labute approximate surface area is 117 Å². The molecule has 1 aromatic heterocycles. The first-order chi connectivity index (χ1) is 8.81. The van der Waals surface area contributed by atoms with Crippen LogP contribution < -0.4 is 0 Å². The van der Waals surface area contributed by atoms with E-state index in [2.05, 4.69) is 40.1 Å². The third kappa shape index (κ3) is 2.01. The standard InChI is InChI=1S/C14H18N2S2/c1-18-13-9-5-4-8-12(13)16-11-7-3-2-6-10(11)15-14(16)17/h2-3,6-7,12-13H,4-5,8-9H2,1H3,(H,15,17). The number of rotatable bonds is 2. The van der Waals surface area contributed by atoms with E-state index in [1.165, 1.54) is 31.2 Å². The van der Waals surface area contributed by atoms with Crippen molar-refractivity contribution in [3.05, 3.63) is 29.0 Å². The largest absolute Gasteiger partial charge is 0.331 e. The molecule has 2 atom stereocenters. The van der Waals surface area contributed by atoms with Crippen LogP contribution in [0.2, 0.25) is 0 Å². The molecular weight excluding hydrogens is 260 g/mol. The lowest BCUT2D eigenvalue weighted by Crippen LogP contribution is -2.25. The molecule has 4 heteroatoms. The van der Waals surface area contributed by atoms with E-state index in [0.717, 1.165) is 10.3 Å². The quantitative estimate of drug-likeness (QED) is 0.814. The minimum atomic E-state index is 0.553. The zero-order valence-electron chi connectivity index (χ0n) is 10.6. The third-order valence-electron chi connectivity index (χ3n) is 3.93. The number of hydrogen-bond donors (Lipinski definition) is 1.